The number of aryl methyl sites for hydroxylation is 3. The van der Waals surface area contributed by atoms with Crippen LogP contribution in [0.5, 0.6) is 0 Å². The number of hydrogen-bond donors (Lipinski definition) is 2. The summed E-state index contributed by atoms with van der Waals surface area (Å²) in [5.74, 6) is 0.870. The van der Waals surface area contributed by atoms with Crippen molar-refractivity contribution in [1.29, 1.82) is 0 Å². The molecule has 0 saturated heterocycles. The molecule has 0 aliphatic heterocycles. The van der Waals surface area contributed by atoms with Crippen LogP contribution >= 0.6 is 0 Å². The second kappa shape index (κ2) is 9.70. The molecule has 0 saturated carbocycles. The number of rotatable bonds is 8. The van der Waals surface area contributed by atoms with Crippen molar-refractivity contribution in [3.05, 3.63) is 47.5 Å². The van der Waals surface area contributed by atoms with Crippen LogP contribution in [0.1, 0.15) is 30.3 Å². The number of hydrogen-bond acceptors (Lipinski definition) is 3. The van der Waals surface area contributed by atoms with Crippen LogP contribution in [0.15, 0.2) is 35.6 Å². The van der Waals surface area contributed by atoms with Crippen molar-refractivity contribution >= 4 is 5.96 Å². The Morgan fingerprint density at radius 2 is 2.17 bits per heavy atom. The molecule has 24 heavy (non-hydrogen) atoms. The molecule has 2 N–H and O–H groups in total. The van der Waals surface area contributed by atoms with Crippen molar-refractivity contribution in [2.75, 3.05) is 19.6 Å². The minimum absolute atomic E-state index is 0.778. The van der Waals surface area contributed by atoms with Crippen molar-refractivity contribution in [1.82, 2.24) is 25.4 Å². The van der Waals surface area contributed by atoms with Gasteiger partial charge in [-0.3, -0.25) is 14.7 Å². The lowest BCUT2D eigenvalue weighted by molar-refractivity contribution is 0.567. The van der Waals surface area contributed by atoms with Crippen LogP contribution in [-0.4, -0.2) is 40.4 Å². The Labute approximate surface area is 144 Å². The third-order valence-corrected chi connectivity index (χ3v) is 3.67. The third-order valence-electron chi connectivity index (χ3n) is 3.67. The van der Waals surface area contributed by atoms with E-state index in [1.165, 1.54) is 11.3 Å². The summed E-state index contributed by atoms with van der Waals surface area (Å²) in [5.41, 5.74) is 3.50. The highest BCUT2D eigenvalue weighted by Gasteiger charge is 2.01. The van der Waals surface area contributed by atoms with E-state index in [-0.39, 0.29) is 0 Å². The average molecular weight is 328 g/mol. The third kappa shape index (κ3) is 6.02. The van der Waals surface area contributed by atoms with E-state index in [2.05, 4.69) is 51.7 Å². The van der Waals surface area contributed by atoms with E-state index < -0.39 is 0 Å². The van der Waals surface area contributed by atoms with Crippen LogP contribution in [0.3, 0.4) is 0 Å². The van der Waals surface area contributed by atoms with Crippen molar-refractivity contribution in [2.24, 2.45) is 4.99 Å². The Hall–Kier alpha value is -2.37. The smallest absolute Gasteiger partial charge is 0.191 e. The zero-order valence-electron chi connectivity index (χ0n) is 14.9. The Balaban J connectivity index is 1.74. The van der Waals surface area contributed by atoms with E-state index in [9.17, 15) is 0 Å². The van der Waals surface area contributed by atoms with Crippen LogP contribution in [0, 0.1) is 13.8 Å². The fourth-order valence-electron chi connectivity index (χ4n) is 2.53. The molecule has 6 nitrogen and oxygen atoms in total. The second-order valence-electron chi connectivity index (χ2n) is 5.80. The van der Waals surface area contributed by atoms with Gasteiger partial charge >= 0.3 is 0 Å². The summed E-state index contributed by atoms with van der Waals surface area (Å²) in [6, 6.07) is 6.16. The summed E-state index contributed by atoms with van der Waals surface area (Å²) in [4.78, 5) is 8.77. The lowest BCUT2D eigenvalue weighted by Crippen LogP contribution is -2.38. The Morgan fingerprint density at radius 3 is 2.83 bits per heavy atom. The number of nitrogens with zero attached hydrogens (tertiary/aromatic N) is 4. The first-order chi connectivity index (χ1) is 11.7. The number of pyridine rings is 1. The number of nitrogens with one attached hydrogen (secondary N) is 2. The van der Waals surface area contributed by atoms with E-state index in [1.54, 1.807) is 6.20 Å². The summed E-state index contributed by atoms with van der Waals surface area (Å²) in [6.07, 6.45) is 5.61. The number of aliphatic imine (C=N–C) groups is 1. The molecule has 0 spiro atoms. The maximum atomic E-state index is 4.63. The molecule has 0 aromatic carbocycles. The van der Waals surface area contributed by atoms with Crippen LogP contribution < -0.4 is 10.6 Å². The van der Waals surface area contributed by atoms with Crippen LogP contribution in [-0.2, 0) is 13.0 Å². The molecule has 0 unspecified atom stereocenters. The van der Waals surface area contributed by atoms with Crippen molar-refractivity contribution < 1.29 is 0 Å². The highest BCUT2D eigenvalue weighted by atomic mass is 15.3. The molecule has 0 aliphatic carbocycles. The number of guanidine groups is 1. The molecule has 0 bridgehead atoms. The van der Waals surface area contributed by atoms with Gasteiger partial charge in [-0.15, -0.1) is 0 Å². The predicted octanol–water partition coefficient (Wildman–Crippen LogP) is 2.08. The molecule has 0 radical (unpaired) electrons. The lowest BCUT2D eigenvalue weighted by atomic mass is 10.2. The van der Waals surface area contributed by atoms with Gasteiger partial charge in [0.05, 0.1) is 5.69 Å². The van der Waals surface area contributed by atoms with Gasteiger partial charge in [0, 0.05) is 44.3 Å². The minimum Gasteiger partial charge on any atom is -0.357 e. The van der Waals surface area contributed by atoms with Gasteiger partial charge in [0.1, 0.15) is 0 Å². The molecule has 6 heteroatoms. The van der Waals surface area contributed by atoms with Crippen molar-refractivity contribution in [3.63, 3.8) is 0 Å². The lowest BCUT2D eigenvalue weighted by Gasteiger charge is -2.11. The summed E-state index contributed by atoms with van der Waals surface area (Å²) in [5, 5.41) is 11.1. The fourth-order valence-corrected chi connectivity index (χ4v) is 2.53. The normalized spacial score (nSPS) is 11.5. The first-order valence-corrected chi connectivity index (χ1v) is 8.61. The van der Waals surface area contributed by atoms with Gasteiger partial charge in [0.15, 0.2) is 5.96 Å². The molecular formula is C18H28N6. The maximum Gasteiger partial charge on any atom is 0.191 e. The Morgan fingerprint density at radius 1 is 1.29 bits per heavy atom. The van der Waals surface area contributed by atoms with Crippen LogP contribution in [0.4, 0.5) is 0 Å². The van der Waals surface area contributed by atoms with Gasteiger partial charge in [-0.05, 0) is 51.3 Å². The highest BCUT2D eigenvalue weighted by molar-refractivity contribution is 5.79. The first kappa shape index (κ1) is 18.0. The summed E-state index contributed by atoms with van der Waals surface area (Å²) in [7, 11) is 0. The predicted molar refractivity (Wildman–Crippen MR) is 98.2 cm³/mol. The highest BCUT2D eigenvalue weighted by Crippen LogP contribution is 2.02. The van der Waals surface area contributed by atoms with Crippen molar-refractivity contribution in [3.8, 4) is 0 Å². The molecule has 0 fully saturated rings. The van der Waals surface area contributed by atoms with Gasteiger partial charge in [0.2, 0.25) is 0 Å². The molecule has 2 rings (SSSR count). The molecular weight excluding hydrogens is 300 g/mol. The maximum absolute atomic E-state index is 4.63. The van der Waals surface area contributed by atoms with E-state index in [4.69, 9.17) is 0 Å². The zero-order chi connectivity index (χ0) is 17.2. The second-order valence-corrected chi connectivity index (χ2v) is 5.80. The summed E-state index contributed by atoms with van der Waals surface area (Å²) >= 11 is 0. The van der Waals surface area contributed by atoms with Gasteiger partial charge in [-0.1, -0.05) is 6.07 Å². The molecule has 2 aromatic rings. The van der Waals surface area contributed by atoms with Gasteiger partial charge in [-0.25, -0.2) is 0 Å². The molecule has 0 atom stereocenters. The van der Waals surface area contributed by atoms with E-state index in [1.807, 2.05) is 23.9 Å². The monoisotopic (exact) mass is 328 g/mol. The topological polar surface area (TPSA) is 67.1 Å². The van der Waals surface area contributed by atoms with Crippen LogP contribution in [0.2, 0.25) is 0 Å². The fraction of sp³-hybridized carbons (Fsp3) is 0.500. The molecule has 2 heterocycles. The molecule has 2 aromatic heterocycles. The molecule has 130 valence electrons. The largest absolute Gasteiger partial charge is 0.357 e. The quantitative estimate of drug-likeness (QED) is 0.442. The SMILES string of the molecule is CCNC(=NCCCn1nc(C)cc1C)NCCc1cccnc1. The molecule has 0 amide bonds. The summed E-state index contributed by atoms with van der Waals surface area (Å²) in [6.45, 7) is 9.57. The standard InChI is InChI=1S/C18H28N6/c1-4-20-18(22-11-8-17-7-5-9-19-14-17)21-10-6-12-24-16(3)13-15(2)23-24/h5,7,9,13-14H,4,6,8,10-12H2,1-3H3,(H2,20,21,22). The van der Waals surface area contributed by atoms with Gasteiger partial charge < -0.3 is 10.6 Å². The average Bonchev–Trinajstić information content (AvgIpc) is 2.90. The zero-order valence-corrected chi connectivity index (χ0v) is 14.9. The van der Waals surface area contributed by atoms with Crippen LogP contribution in [0.25, 0.3) is 0 Å². The summed E-state index contributed by atoms with van der Waals surface area (Å²) < 4.78 is 2.05. The van der Waals surface area contributed by atoms with Crippen molar-refractivity contribution in [2.45, 2.75) is 40.2 Å². The Kier molecular flexibility index (Phi) is 7.26. The van der Waals surface area contributed by atoms with E-state index in [0.717, 1.165) is 50.7 Å². The van der Waals surface area contributed by atoms with Gasteiger partial charge in [0.25, 0.3) is 0 Å². The Bertz CT molecular complexity index is 632. The minimum atomic E-state index is 0.778. The van der Waals surface area contributed by atoms with E-state index >= 15 is 0 Å². The molecule has 0 aliphatic rings. The van der Waals surface area contributed by atoms with Gasteiger partial charge in [-0.2, -0.15) is 5.10 Å². The first-order valence-electron chi connectivity index (χ1n) is 8.61. The number of aromatic nitrogens is 3. The van der Waals surface area contributed by atoms with E-state index in [0.29, 0.717) is 0 Å².